The van der Waals surface area contributed by atoms with Gasteiger partial charge in [0, 0.05) is 25.2 Å². The molecule has 5 heteroatoms. The highest BCUT2D eigenvalue weighted by Gasteiger charge is 2.22. The summed E-state index contributed by atoms with van der Waals surface area (Å²) in [6.45, 7) is 8.46. The average Bonchev–Trinajstić information content (AvgIpc) is 2.65. The van der Waals surface area contributed by atoms with Gasteiger partial charge in [-0.1, -0.05) is 30.3 Å². The van der Waals surface area contributed by atoms with E-state index in [1.165, 1.54) is 11.8 Å². The second kappa shape index (κ2) is 9.76. The molecule has 2 amide bonds. The topological polar surface area (TPSA) is 49.9 Å². The van der Waals surface area contributed by atoms with Gasteiger partial charge in [0.15, 0.2) is 0 Å². The molecule has 0 aliphatic carbocycles. The summed E-state index contributed by atoms with van der Waals surface area (Å²) >= 11 is 0. The normalized spacial score (nSPS) is 10.6. The molecule has 0 atom stereocenters. The van der Waals surface area contributed by atoms with Crippen LogP contribution in [-0.4, -0.2) is 35.9 Å². The predicted octanol–water partition coefficient (Wildman–Crippen LogP) is 3.88. The van der Waals surface area contributed by atoms with Crippen molar-refractivity contribution in [2.45, 2.75) is 40.3 Å². The van der Waals surface area contributed by atoms with Crippen LogP contribution in [0.2, 0.25) is 0 Å². The lowest BCUT2D eigenvalue weighted by atomic mass is 10.2. The molecule has 0 aliphatic rings. The van der Waals surface area contributed by atoms with Gasteiger partial charge < -0.3 is 14.5 Å². The first kappa shape index (κ1) is 20.5. The molecule has 0 aliphatic heterocycles. The van der Waals surface area contributed by atoms with Crippen LogP contribution >= 0.6 is 0 Å². The zero-order valence-electron chi connectivity index (χ0n) is 16.5. The minimum absolute atomic E-state index is 0.00826. The van der Waals surface area contributed by atoms with Gasteiger partial charge in [-0.3, -0.25) is 9.59 Å². The van der Waals surface area contributed by atoms with Crippen LogP contribution in [0.25, 0.3) is 0 Å². The van der Waals surface area contributed by atoms with Crippen LogP contribution in [0.15, 0.2) is 54.6 Å². The third kappa shape index (κ3) is 5.84. The van der Waals surface area contributed by atoms with Crippen molar-refractivity contribution >= 4 is 17.5 Å². The van der Waals surface area contributed by atoms with Crippen molar-refractivity contribution in [1.29, 1.82) is 0 Å². The maximum absolute atomic E-state index is 13.0. The Morgan fingerprint density at radius 2 is 1.63 bits per heavy atom. The van der Waals surface area contributed by atoms with E-state index in [2.05, 4.69) is 0 Å². The third-order valence-electron chi connectivity index (χ3n) is 4.27. The summed E-state index contributed by atoms with van der Waals surface area (Å²) in [5, 5.41) is 0. The summed E-state index contributed by atoms with van der Waals surface area (Å²) in [4.78, 5) is 28.4. The molecular weight excluding hydrogens is 340 g/mol. The van der Waals surface area contributed by atoms with Gasteiger partial charge in [-0.15, -0.1) is 0 Å². The van der Waals surface area contributed by atoms with Crippen molar-refractivity contribution in [2.75, 3.05) is 18.1 Å². The largest absolute Gasteiger partial charge is 0.494 e. The van der Waals surface area contributed by atoms with Crippen LogP contribution in [-0.2, 0) is 16.1 Å². The first-order valence-electron chi connectivity index (χ1n) is 9.26. The molecular formula is C22H28N2O3. The number of anilines is 1. The van der Waals surface area contributed by atoms with E-state index >= 15 is 0 Å². The quantitative estimate of drug-likeness (QED) is 0.711. The van der Waals surface area contributed by atoms with Crippen molar-refractivity contribution in [3.05, 3.63) is 60.2 Å². The third-order valence-corrected chi connectivity index (χ3v) is 4.27. The number of hydrogen-bond donors (Lipinski definition) is 0. The lowest BCUT2D eigenvalue weighted by Crippen LogP contribution is -2.44. The van der Waals surface area contributed by atoms with Gasteiger partial charge in [-0.2, -0.15) is 0 Å². The Balaban J connectivity index is 2.15. The van der Waals surface area contributed by atoms with Crippen molar-refractivity contribution < 1.29 is 14.3 Å². The number of benzene rings is 2. The Morgan fingerprint density at radius 1 is 1.00 bits per heavy atom. The van der Waals surface area contributed by atoms with E-state index in [4.69, 9.17) is 4.74 Å². The molecule has 5 nitrogen and oxygen atoms in total. The van der Waals surface area contributed by atoms with Gasteiger partial charge in [0.05, 0.1) is 6.61 Å². The lowest BCUT2D eigenvalue weighted by Gasteiger charge is -2.30. The molecule has 0 bridgehead atoms. The molecule has 2 aromatic rings. The maximum Gasteiger partial charge on any atom is 0.243 e. The summed E-state index contributed by atoms with van der Waals surface area (Å²) in [7, 11) is 0. The minimum Gasteiger partial charge on any atom is -0.494 e. The second-order valence-electron chi connectivity index (χ2n) is 6.63. The molecule has 0 spiro atoms. The molecule has 144 valence electrons. The molecule has 0 unspecified atom stereocenters. The zero-order chi connectivity index (χ0) is 19.8. The number of hydrogen-bond acceptors (Lipinski definition) is 3. The van der Waals surface area contributed by atoms with E-state index in [9.17, 15) is 9.59 Å². The molecule has 0 heterocycles. The van der Waals surface area contributed by atoms with Gasteiger partial charge in [0.2, 0.25) is 11.8 Å². The summed E-state index contributed by atoms with van der Waals surface area (Å²) in [6, 6.07) is 17.1. The van der Waals surface area contributed by atoms with Crippen LogP contribution in [0.3, 0.4) is 0 Å². The van der Waals surface area contributed by atoms with Crippen LogP contribution in [0.5, 0.6) is 5.75 Å². The van der Waals surface area contributed by atoms with Gasteiger partial charge in [-0.25, -0.2) is 0 Å². The van der Waals surface area contributed by atoms with E-state index in [-0.39, 0.29) is 24.4 Å². The number of nitrogens with zero attached hydrogens (tertiary/aromatic N) is 2. The summed E-state index contributed by atoms with van der Waals surface area (Å²) in [5.41, 5.74) is 1.75. The molecule has 2 rings (SSSR count). The lowest BCUT2D eigenvalue weighted by molar-refractivity contribution is -0.133. The Bertz CT molecular complexity index is 742. The average molecular weight is 368 g/mol. The fourth-order valence-corrected chi connectivity index (χ4v) is 2.84. The highest BCUT2D eigenvalue weighted by molar-refractivity contribution is 5.97. The first-order valence-corrected chi connectivity index (χ1v) is 9.26. The number of carbonyl (C=O) groups excluding carboxylic acids is 2. The summed E-state index contributed by atoms with van der Waals surface area (Å²) < 4.78 is 5.44. The summed E-state index contributed by atoms with van der Waals surface area (Å²) in [6.07, 6.45) is 0. The van der Waals surface area contributed by atoms with Crippen molar-refractivity contribution in [3.63, 3.8) is 0 Å². The Morgan fingerprint density at radius 3 is 2.15 bits per heavy atom. The van der Waals surface area contributed by atoms with Crippen molar-refractivity contribution in [1.82, 2.24) is 4.90 Å². The van der Waals surface area contributed by atoms with Gasteiger partial charge >= 0.3 is 0 Å². The molecule has 27 heavy (non-hydrogen) atoms. The highest BCUT2D eigenvalue weighted by atomic mass is 16.5. The number of amides is 2. The van der Waals surface area contributed by atoms with E-state index in [1.54, 1.807) is 17.0 Å². The summed E-state index contributed by atoms with van der Waals surface area (Å²) in [5.74, 6) is 0.484. The molecule has 0 N–H and O–H groups in total. The van der Waals surface area contributed by atoms with E-state index in [1.807, 2.05) is 63.2 Å². The van der Waals surface area contributed by atoms with E-state index in [0.717, 1.165) is 11.3 Å². The van der Waals surface area contributed by atoms with Crippen molar-refractivity contribution in [2.24, 2.45) is 0 Å². The second-order valence-corrected chi connectivity index (χ2v) is 6.63. The first-order chi connectivity index (χ1) is 12.9. The van der Waals surface area contributed by atoms with Crippen LogP contribution < -0.4 is 9.64 Å². The van der Waals surface area contributed by atoms with Crippen molar-refractivity contribution in [3.8, 4) is 5.75 Å². The Labute approximate surface area is 161 Å². The highest BCUT2D eigenvalue weighted by Crippen LogP contribution is 2.20. The van der Waals surface area contributed by atoms with Crippen LogP contribution in [0.1, 0.15) is 33.3 Å². The molecule has 2 aromatic carbocycles. The van der Waals surface area contributed by atoms with Gasteiger partial charge in [0.1, 0.15) is 12.3 Å². The number of ether oxygens (including phenoxy) is 1. The Hall–Kier alpha value is -2.82. The van der Waals surface area contributed by atoms with Crippen LogP contribution in [0, 0.1) is 0 Å². The predicted molar refractivity (Wildman–Crippen MR) is 108 cm³/mol. The monoisotopic (exact) mass is 368 g/mol. The van der Waals surface area contributed by atoms with Gasteiger partial charge in [0.25, 0.3) is 0 Å². The standard InChI is InChI=1S/C22H28N2O3/c1-5-27-21-13-11-20(12-14-21)24(18(4)25)16-22(26)23(17(2)3)15-19-9-7-6-8-10-19/h6-14,17H,5,15-16H2,1-4H3. The Kier molecular flexibility index (Phi) is 7.41. The molecule has 0 saturated carbocycles. The number of rotatable bonds is 8. The maximum atomic E-state index is 13.0. The van der Waals surface area contributed by atoms with E-state index < -0.39 is 0 Å². The number of carbonyl (C=O) groups is 2. The van der Waals surface area contributed by atoms with Gasteiger partial charge in [-0.05, 0) is 50.6 Å². The fraction of sp³-hybridized carbons (Fsp3) is 0.364. The SMILES string of the molecule is CCOc1ccc(N(CC(=O)N(Cc2ccccc2)C(C)C)C(C)=O)cc1. The molecule has 0 saturated heterocycles. The fourth-order valence-electron chi connectivity index (χ4n) is 2.84. The zero-order valence-corrected chi connectivity index (χ0v) is 16.5. The molecule has 0 fully saturated rings. The van der Waals surface area contributed by atoms with Crippen LogP contribution in [0.4, 0.5) is 5.69 Å². The molecule has 0 aromatic heterocycles. The molecule has 0 radical (unpaired) electrons. The smallest absolute Gasteiger partial charge is 0.243 e. The minimum atomic E-state index is -0.170. The van der Waals surface area contributed by atoms with E-state index in [0.29, 0.717) is 18.8 Å².